The standard InChI is InChI=1S/C23H25N2.CHNS.ClH/c1-24(2)21-14-10-19(11-15-21)23(18-8-6-5-7-9-18)20-12-16-22(17-13-20)25(3)4;2-1-3;/h5-17H,1-4H3;2H;1H/q+1;;/p-1. The van der Waals surface area contributed by atoms with E-state index in [0.29, 0.717) is 0 Å². The number of nitrogens with zero attached hydrogens (tertiary/aromatic N) is 2. The fourth-order valence-corrected chi connectivity index (χ4v) is 2.96. The van der Waals surface area contributed by atoms with Crippen LogP contribution in [0.5, 0.6) is 0 Å². The average Bonchev–Trinajstić information content (AvgIpc) is 2.70. The molecule has 0 fully saturated rings. The van der Waals surface area contributed by atoms with Crippen molar-refractivity contribution in [3.8, 4) is 0 Å². The molecule has 2 aromatic carbocycles. The lowest BCUT2D eigenvalue weighted by Gasteiger charge is -2.16. The van der Waals surface area contributed by atoms with Crippen molar-refractivity contribution in [3.63, 3.8) is 0 Å². The molecule has 0 unspecified atom stereocenters. The van der Waals surface area contributed by atoms with E-state index in [1.54, 1.807) is 5.16 Å². The third-order valence-electron chi connectivity index (χ3n) is 4.41. The summed E-state index contributed by atoms with van der Waals surface area (Å²) in [5, 5.41) is 7.36. The summed E-state index contributed by atoms with van der Waals surface area (Å²) in [4.78, 5) is 2.12. The second-order valence-corrected chi connectivity index (χ2v) is 6.93. The highest BCUT2D eigenvalue weighted by molar-refractivity contribution is 7.78. The first-order valence-corrected chi connectivity index (χ1v) is 9.40. The SMILES string of the molecule is CN(C)c1ccc(C(=C2C=CC(=[N+](C)C)C=C2)c2ccccc2)cc1.N=C=S.[Cl-]. The summed E-state index contributed by atoms with van der Waals surface area (Å²) < 4.78 is 2.12. The summed E-state index contributed by atoms with van der Waals surface area (Å²) in [6.45, 7) is 0. The van der Waals surface area contributed by atoms with E-state index < -0.39 is 0 Å². The Hall–Kier alpha value is -2.78. The molecule has 1 aliphatic carbocycles. The Morgan fingerprint density at radius 3 is 1.79 bits per heavy atom. The summed E-state index contributed by atoms with van der Waals surface area (Å²) in [5.41, 5.74) is 7.37. The number of halogens is 1. The van der Waals surface area contributed by atoms with Gasteiger partial charge in [-0.15, -0.1) is 0 Å². The Balaban J connectivity index is 0.000000990. The molecule has 0 amide bonds. The van der Waals surface area contributed by atoms with Crippen molar-refractivity contribution < 1.29 is 17.0 Å². The van der Waals surface area contributed by atoms with E-state index in [1.165, 1.54) is 33.7 Å². The van der Waals surface area contributed by atoms with E-state index in [2.05, 4.69) is 129 Å². The summed E-state index contributed by atoms with van der Waals surface area (Å²) in [6.07, 6.45) is 8.76. The number of anilines is 1. The van der Waals surface area contributed by atoms with Crippen LogP contribution >= 0.6 is 12.2 Å². The molecule has 3 rings (SSSR count). The normalized spacial score (nSPS) is 11.6. The molecular formula is C24H26ClN3S. The second-order valence-electron chi connectivity index (χ2n) is 6.73. The van der Waals surface area contributed by atoms with Crippen LogP contribution < -0.4 is 17.3 Å². The molecule has 0 heterocycles. The number of thiocarbonyl (C=S) groups is 1. The van der Waals surface area contributed by atoms with Crippen LogP contribution in [0, 0.1) is 5.41 Å². The highest BCUT2D eigenvalue weighted by Gasteiger charge is 2.13. The Labute approximate surface area is 185 Å². The van der Waals surface area contributed by atoms with Gasteiger partial charge in [0.05, 0.1) is 5.16 Å². The highest BCUT2D eigenvalue weighted by Crippen LogP contribution is 2.30. The van der Waals surface area contributed by atoms with E-state index in [1.807, 2.05) is 0 Å². The quantitative estimate of drug-likeness (QED) is 0.465. The summed E-state index contributed by atoms with van der Waals surface area (Å²) in [5.74, 6) is 0. The first kappa shape index (κ1) is 24.3. The minimum absolute atomic E-state index is 0. The fraction of sp³-hybridized carbons (Fsp3) is 0.167. The number of hydrogen-bond donors (Lipinski definition) is 1. The van der Waals surface area contributed by atoms with Crippen molar-refractivity contribution in [2.75, 3.05) is 33.1 Å². The zero-order chi connectivity index (χ0) is 20.5. The van der Waals surface area contributed by atoms with Crippen LogP contribution in [-0.2, 0) is 0 Å². The fourth-order valence-electron chi connectivity index (χ4n) is 2.96. The van der Waals surface area contributed by atoms with E-state index >= 15 is 0 Å². The molecule has 0 radical (unpaired) electrons. The van der Waals surface area contributed by atoms with Crippen LogP contribution in [0.2, 0.25) is 0 Å². The molecule has 0 aromatic heterocycles. The largest absolute Gasteiger partial charge is 1.00 e. The maximum Gasteiger partial charge on any atom is 0.199 e. The van der Waals surface area contributed by atoms with Gasteiger partial charge in [0, 0.05) is 31.9 Å². The van der Waals surface area contributed by atoms with Gasteiger partial charge in [-0.05, 0) is 58.8 Å². The van der Waals surface area contributed by atoms with Gasteiger partial charge in [0.15, 0.2) is 5.71 Å². The van der Waals surface area contributed by atoms with Crippen LogP contribution in [-0.4, -0.2) is 43.6 Å². The summed E-state index contributed by atoms with van der Waals surface area (Å²) in [6, 6.07) is 19.4. The van der Waals surface area contributed by atoms with Crippen molar-refractivity contribution >= 4 is 34.4 Å². The first-order valence-electron chi connectivity index (χ1n) is 8.99. The van der Waals surface area contributed by atoms with Crippen molar-refractivity contribution in [1.82, 2.24) is 0 Å². The molecule has 1 aliphatic rings. The predicted octanol–water partition coefficient (Wildman–Crippen LogP) is 2.07. The monoisotopic (exact) mass is 423 g/mol. The van der Waals surface area contributed by atoms with Crippen molar-refractivity contribution in [3.05, 3.63) is 95.6 Å². The maximum atomic E-state index is 5.77. The van der Waals surface area contributed by atoms with Gasteiger partial charge in [-0.25, -0.2) is 9.98 Å². The second kappa shape index (κ2) is 11.9. The molecular weight excluding hydrogens is 398 g/mol. The number of allylic oxidation sites excluding steroid dienone is 5. The molecule has 0 spiro atoms. The van der Waals surface area contributed by atoms with Gasteiger partial charge >= 0.3 is 0 Å². The molecule has 150 valence electrons. The van der Waals surface area contributed by atoms with Crippen molar-refractivity contribution in [2.45, 2.75) is 0 Å². The topological polar surface area (TPSA) is 30.1 Å². The van der Waals surface area contributed by atoms with Crippen LogP contribution in [0.4, 0.5) is 5.69 Å². The zero-order valence-electron chi connectivity index (χ0n) is 17.2. The summed E-state index contributed by atoms with van der Waals surface area (Å²) in [7, 11) is 8.27. The third-order valence-corrected chi connectivity index (χ3v) is 4.41. The molecule has 3 nitrogen and oxygen atoms in total. The predicted molar refractivity (Wildman–Crippen MR) is 124 cm³/mol. The van der Waals surface area contributed by atoms with Gasteiger partial charge in [0.25, 0.3) is 0 Å². The van der Waals surface area contributed by atoms with Crippen LogP contribution in [0.15, 0.2) is 84.5 Å². The molecule has 29 heavy (non-hydrogen) atoms. The van der Waals surface area contributed by atoms with Gasteiger partial charge in [0.2, 0.25) is 0 Å². The van der Waals surface area contributed by atoms with Crippen LogP contribution in [0.1, 0.15) is 11.1 Å². The van der Waals surface area contributed by atoms with Gasteiger partial charge < -0.3 is 17.3 Å². The Kier molecular flexibility index (Phi) is 9.98. The molecule has 2 aromatic rings. The highest BCUT2D eigenvalue weighted by atomic mass is 35.5. The lowest BCUT2D eigenvalue weighted by atomic mass is 9.90. The third kappa shape index (κ3) is 6.65. The smallest absolute Gasteiger partial charge is 0.199 e. The van der Waals surface area contributed by atoms with E-state index in [0.717, 1.165) is 0 Å². The van der Waals surface area contributed by atoms with Gasteiger partial charge in [-0.2, -0.15) is 0 Å². The van der Waals surface area contributed by atoms with E-state index in [9.17, 15) is 0 Å². The molecule has 0 aliphatic heterocycles. The number of isothiocyanates is 1. The number of benzene rings is 2. The first-order chi connectivity index (χ1) is 13.5. The van der Waals surface area contributed by atoms with Gasteiger partial charge in [0.1, 0.15) is 14.1 Å². The average molecular weight is 424 g/mol. The minimum atomic E-state index is 0. The maximum absolute atomic E-state index is 5.77. The number of hydrogen-bond acceptors (Lipinski definition) is 3. The lowest BCUT2D eigenvalue weighted by Crippen LogP contribution is -3.00. The zero-order valence-corrected chi connectivity index (χ0v) is 18.8. The number of nitrogens with one attached hydrogen (secondary N) is 1. The van der Waals surface area contributed by atoms with E-state index in [4.69, 9.17) is 5.41 Å². The molecule has 0 saturated heterocycles. The Morgan fingerprint density at radius 1 is 0.862 bits per heavy atom. The van der Waals surface area contributed by atoms with Crippen LogP contribution in [0.25, 0.3) is 5.57 Å². The lowest BCUT2D eigenvalue weighted by molar-refractivity contribution is -0.462. The number of rotatable bonds is 3. The van der Waals surface area contributed by atoms with Crippen molar-refractivity contribution in [1.29, 1.82) is 5.41 Å². The Morgan fingerprint density at radius 2 is 1.34 bits per heavy atom. The summed E-state index contributed by atoms with van der Waals surface area (Å²) >= 11 is 3.81. The van der Waals surface area contributed by atoms with Gasteiger partial charge in [-0.1, -0.05) is 42.5 Å². The van der Waals surface area contributed by atoms with Gasteiger partial charge in [-0.3, -0.25) is 0 Å². The Bertz CT molecular complexity index is 941. The molecule has 0 saturated carbocycles. The van der Waals surface area contributed by atoms with Crippen LogP contribution in [0.3, 0.4) is 0 Å². The molecule has 1 N–H and O–H groups in total. The minimum Gasteiger partial charge on any atom is -1.00 e. The van der Waals surface area contributed by atoms with E-state index in [-0.39, 0.29) is 12.4 Å². The van der Waals surface area contributed by atoms with Crippen molar-refractivity contribution in [2.24, 2.45) is 0 Å². The molecule has 0 bridgehead atoms. The molecule has 5 heteroatoms. The molecule has 0 atom stereocenters.